The number of carbonyl (C=O) groups excluding carboxylic acids is 2. The van der Waals surface area contributed by atoms with Gasteiger partial charge in [0.1, 0.15) is 22.1 Å². The second kappa shape index (κ2) is 12.6. The highest BCUT2D eigenvalue weighted by atomic mass is 35.5. The highest BCUT2D eigenvalue weighted by Gasteiger charge is 2.38. The molecule has 0 fully saturated rings. The minimum absolute atomic E-state index is 0.236. The Morgan fingerprint density at radius 2 is 1.67 bits per heavy atom. The van der Waals surface area contributed by atoms with Crippen molar-refractivity contribution in [1.82, 2.24) is 4.57 Å². The maximum atomic E-state index is 14.7. The Hall–Kier alpha value is -5.45. The average Bonchev–Trinajstić information content (AvgIpc) is 3.56. The molecule has 1 aromatic heterocycles. The number of benzene rings is 4. The van der Waals surface area contributed by atoms with E-state index in [-0.39, 0.29) is 16.0 Å². The van der Waals surface area contributed by atoms with Gasteiger partial charge >= 0.3 is 0 Å². The summed E-state index contributed by atoms with van der Waals surface area (Å²) in [6, 6.07) is 28.1. The van der Waals surface area contributed by atoms with Gasteiger partial charge in [-0.05, 0) is 55.0 Å². The Labute approximate surface area is 284 Å². The van der Waals surface area contributed by atoms with Crippen molar-refractivity contribution in [2.75, 3.05) is 24.4 Å². The van der Waals surface area contributed by atoms with Gasteiger partial charge in [-0.1, -0.05) is 71.5 Å². The first-order valence-corrected chi connectivity index (χ1v) is 16.3. The molecule has 2 aliphatic heterocycles. The van der Waals surface area contributed by atoms with Gasteiger partial charge in [0.2, 0.25) is 0 Å². The SMILES string of the molecule is COc1ccc([C@@H]2C(C(=O)Nc3ccccc3)=C(C)N=c3s/c(=C4/C(=O)N(Cc5ccc(Cl)cc5)c5ccccc54)c(=O)n32)c(OC)c1. The van der Waals surface area contributed by atoms with E-state index >= 15 is 0 Å². The third kappa shape index (κ3) is 5.38. The quantitative estimate of drug-likeness (QED) is 0.247. The molecule has 11 heteroatoms. The molecule has 9 nitrogen and oxygen atoms in total. The van der Waals surface area contributed by atoms with Crippen LogP contribution < -0.4 is 34.6 Å². The van der Waals surface area contributed by atoms with Crippen LogP contribution in [0.2, 0.25) is 5.02 Å². The number of aromatic nitrogens is 1. The highest BCUT2D eigenvalue weighted by Crippen LogP contribution is 2.39. The fourth-order valence-electron chi connectivity index (χ4n) is 6.15. The first-order valence-electron chi connectivity index (χ1n) is 15.1. The Morgan fingerprint density at radius 1 is 0.938 bits per heavy atom. The molecular formula is C37H29ClN4O5S. The van der Waals surface area contributed by atoms with E-state index in [1.807, 2.05) is 54.6 Å². The summed E-state index contributed by atoms with van der Waals surface area (Å²) in [6.07, 6.45) is 0. The molecule has 2 amide bonds. The summed E-state index contributed by atoms with van der Waals surface area (Å²) in [5, 5.41) is 3.56. The van der Waals surface area contributed by atoms with Gasteiger partial charge in [-0.25, -0.2) is 4.99 Å². The minimum Gasteiger partial charge on any atom is -0.497 e. The maximum absolute atomic E-state index is 14.7. The first kappa shape index (κ1) is 31.2. The normalized spacial score (nSPS) is 16.3. The molecule has 5 aromatic rings. The van der Waals surface area contributed by atoms with Gasteiger partial charge < -0.3 is 19.7 Å². The molecule has 0 saturated carbocycles. The maximum Gasteiger partial charge on any atom is 0.271 e. The zero-order chi connectivity index (χ0) is 33.5. The van der Waals surface area contributed by atoms with Gasteiger partial charge in [-0.2, -0.15) is 0 Å². The third-order valence-electron chi connectivity index (χ3n) is 8.41. The van der Waals surface area contributed by atoms with E-state index in [2.05, 4.69) is 5.32 Å². The number of hydrogen-bond donors (Lipinski definition) is 1. The molecule has 48 heavy (non-hydrogen) atoms. The molecule has 0 saturated heterocycles. The lowest BCUT2D eigenvalue weighted by molar-refractivity contribution is -0.114. The monoisotopic (exact) mass is 676 g/mol. The summed E-state index contributed by atoms with van der Waals surface area (Å²) in [7, 11) is 3.07. The lowest BCUT2D eigenvalue weighted by Crippen LogP contribution is -2.41. The Morgan fingerprint density at radius 3 is 2.40 bits per heavy atom. The predicted molar refractivity (Wildman–Crippen MR) is 186 cm³/mol. The van der Waals surface area contributed by atoms with Gasteiger partial charge in [0.25, 0.3) is 17.4 Å². The van der Waals surface area contributed by atoms with E-state index in [1.165, 1.54) is 11.7 Å². The Kier molecular flexibility index (Phi) is 8.20. The van der Waals surface area contributed by atoms with Gasteiger partial charge in [-0.15, -0.1) is 0 Å². The number of fused-ring (bicyclic) bond motifs is 2. The van der Waals surface area contributed by atoms with Crippen LogP contribution in [0, 0.1) is 0 Å². The number of halogens is 1. The van der Waals surface area contributed by atoms with Crippen molar-refractivity contribution in [3.05, 3.63) is 150 Å². The van der Waals surface area contributed by atoms with Crippen molar-refractivity contribution in [3.63, 3.8) is 0 Å². The number of thiazole rings is 1. The number of nitrogens with one attached hydrogen (secondary N) is 1. The topological polar surface area (TPSA) is 102 Å². The molecule has 4 aromatic carbocycles. The van der Waals surface area contributed by atoms with Gasteiger partial charge in [0, 0.05) is 27.9 Å². The van der Waals surface area contributed by atoms with Crippen LogP contribution in [0.1, 0.15) is 29.7 Å². The highest BCUT2D eigenvalue weighted by molar-refractivity contribution is 7.07. The standard InChI is InChI=1S/C37H29ClN4O5S/c1-21-30(34(43)40-24-9-5-4-6-10-24)32(27-18-17-25(46-2)19-29(27)47-3)42-36(45)33(48-37(42)39-21)31-26-11-7-8-12-28(26)41(35(31)44)20-22-13-15-23(38)16-14-22/h4-19,32H,20H2,1-3H3,(H,40,43)/b33-31+/t32-/m1/s1. The molecule has 0 radical (unpaired) electrons. The molecule has 1 N–H and O–H groups in total. The van der Waals surface area contributed by atoms with E-state index in [9.17, 15) is 14.4 Å². The van der Waals surface area contributed by atoms with Crippen LogP contribution >= 0.6 is 22.9 Å². The molecule has 0 bridgehead atoms. The molecule has 0 spiro atoms. The van der Waals surface area contributed by atoms with E-state index in [0.717, 1.165) is 16.9 Å². The van der Waals surface area contributed by atoms with E-state index in [1.54, 1.807) is 61.4 Å². The number of anilines is 2. The minimum atomic E-state index is -0.919. The van der Waals surface area contributed by atoms with Crippen molar-refractivity contribution in [3.8, 4) is 11.5 Å². The largest absolute Gasteiger partial charge is 0.497 e. The van der Waals surface area contributed by atoms with Crippen LogP contribution in [0.5, 0.6) is 11.5 Å². The molecule has 1 atom stereocenters. The van der Waals surface area contributed by atoms with Crippen LogP contribution in [-0.2, 0) is 16.1 Å². The lowest BCUT2D eigenvalue weighted by atomic mass is 9.94. The fraction of sp³-hybridized carbons (Fsp3) is 0.135. The predicted octanol–water partition coefficient (Wildman–Crippen LogP) is 5.46. The number of nitrogens with zero attached hydrogens (tertiary/aromatic N) is 3. The first-order chi connectivity index (χ1) is 23.3. The van der Waals surface area contributed by atoms with E-state index in [4.69, 9.17) is 26.1 Å². The number of para-hydroxylation sites is 2. The molecule has 7 rings (SSSR count). The molecular weight excluding hydrogens is 648 g/mol. The number of carbonyl (C=O) groups is 2. The fourth-order valence-corrected chi connectivity index (χ4v) is 7.41. The van der Waals surface area contributed by atoms with Crippen molar-refractivity contribution < 1.29 is 19.1 Å². The van der Waals surface area contributed by atoms with Crippen LogP contribution in [0.3, 0.4) is 0 Å². The van der Waals surface area contributed by atoms with Crippen LogP contribution in [0.4, 0.5) is 11.4 Å². The smallest absolute Gasteiger partial charge is 0.271 e. The summed E-state index contributed by atoms with van der Waals surface area (Å²) < 4.78 is 12.9. The second-order valence-corrected chi connectivity index (χ2v) is 12.7. The van der Waals surface area contributed by atoms with Crippen molar-refractivity contribution in [2.45, 2.75) is 19.5 Å². The molecule has 240 valence electrons. The summed E-state index contributed by atoms with van der Waals surface area (Å²) in [5.41, 5.74) is 3.96. The number of rotatable bonds is 7. The summed E-state index contributed by atoms with van der Waals surface area (Å²) in [5.74, 6) is 0.261. The average molecular weight is 677 g/mol. The second-order valence-electron chi connectivity index (χ2n) is 11.2. The van der Waals surface area contributed by atoms with Crippen molar-refractivity contribution >= 4 is 51.7 Å². The van der Waals surface area contributed by atoms with E-state index < -0.39 is 17.5 Å². The summed E-state index contributed by atoms with van der Waals surface area (Å²) in [6.45, 7) is 2.04. The number of allylic oxidation sites excluding steroid dienone is 1. The van der Waals surface area contributed by atoms with Crippen LogP contribution in [0.15, 0.2) is 118 Å². The van der Waals surface area contributed by atoms with Gasteiger partial charge in [0.15, 0.2) is 4.80 Å². The number of methoxy groups -OCH3 is 2. The summed E-state index contributed by atoms with van der Waals surface area (Å²) >= 11 is 7.24. The molecule has 0 unspecified atom stereocenters. The van der Waals surface area contributed by atoms with Crippen molar-refractivity contribution in [2.24, 2.45) is 4.99 Å². The van der Waals surface area contributed by atoms with Crippen LogP contribution in [0.25, 0.3) is 5.57 Å². The number of hydrogen-bond acceptors (Lipinski definition) is 7. The Balaban J connectivity index is 1.43. The molecule has 2 aliphatic rings. The Bertz CT molecular complexity index is 2310. The lowest BCUT2D eigenvalue weighted by Gasteiger charge is -2.26. The van der Waals surface area contributed by atoms with Gasteiger partial charge in [0.05, 0.1) is 43.3 Å². The van der Waals surface area contributed by atoms with Crippen molar-refractivity contribution in [1.29, 1.82) is 0 Å². The molecule has 3 heterocycles. The zero-order valence-electron chi connectivity index (χ0n) is 26.2. The molecule has 0 aliphatic carbocycles. The van der Waals surface area contributed by atoms with Crippen LogP contribution in [-0.4, -0.2) is 30.6 Å². The van der Waals surface area contributed by atoms with Gasteiger partial charge in [-0.3, -0.25) is 19.0 Å². The number of amides is 2. The number of ether oxygens (including phenoxy) is 2. The van der Waals surface area contributed by atoms with E-state index in [0.29, 0.717) is 61.6 Å². The summed E-state index contributed by atoms with van der Waals surface area (Å²) in [4.78, 5) is 49.8. The third-order valence-corrected chi connectivity index (χ3v) is 9.72. The zero-order valence-corrected chi connectivity index (χ0v) is 27.8.